The normalized spacial score (nSPS) is 18.3. The summed E-state index contributed by atoms with van der Waals surface area (Å²) in [5.74, 6) is -0.319. The van der Waals surface area contributed by atoms with Gasteiger partial charge in [0.2, 0.25) is 0 Å². The first-order chi connectivity index (χ1) is 9.75. The summed E-state index contributed by atoms with van der Waals surface area (Å²) in [7, 11) is 0. The first-order valence-corrected chi connectivity index (χ1v) is 7.61. The minimum Gasteiger partial charge on any atom is -0.282 e. The number of rotatable bonds is 2. The Labute approximate surface area is 129 Å². The standard InChI is InChI=1S/C17H19NO2S/c1-11(10-14-15(19)18-16(20)21-14)9-12-5-7-13(8-6-12)17(2,3)4/h5-10H,1-4H3,(H,18,19,20). The van der Waals surface area contributed by atoms with E-state index in [0.29, 0.717) is 4.91 Å². The van der Waals surface area contributed by atoms with E-state index in [1.807, 2.05) is 13.0 Å². The largest absolute Gasteiger partial charge is 0.290 e. The molecule has 0 aromatic heterocycles. The molecule has 1 aromatic rings. The molecule has 1 aromatic carbocycles. The van der Waals surface area contributed by atoms with Gasteiger partial charge >= 0.3 is 0 Å². The van der Waals surface area contributed by atoms with Gasteiger partial charge in [-0.3, -0.25) is 14.9 Å². The third-order valence-corrected chi connectivity index (χ3v) is 3.98. The van der Waals surface area contributed by atoms with E-state index in [0.717, 1.165) is 22.9 Å². The van der Waals surface area contributed by atoms with Crippen LogP contribution in [0.15, 0.2) is 40.8 Å². The molecule has 0 unspecified atom stereocenters. The number of carbonyl (C=O) groups excluding carboxylic acids is 2. The van der Waals surface area contributed by atoms with Crippen LogP contribution in [0.1, 0.15) is 38.8 Å². The zero-order valence-corrected chi connectivity index (χ0v) is 13.5. The van der Waals surface area contributed by atoms with Gasteiger partial charge in [-0.2, -0.15) is 0 Å². The molecule has 1 aliphatic rings. The molecule has 0 bridgehead atoms. The van der Waals surface area contributed by atoms with E-state index in [-0.39, 0.29) is 16.6 Å². The highest BCUT2D eigenvalue weighted by atomic mass is 32.2. The summed E-state index contributed by atoms with van der Waals surface area (Å²) in [5, 5.41) is 1.94. The van der Waals surface area contributed by atoms with Gasteiger partial charge in [-0.25, -0.2) is 0 Å². The summed E-state index contributed by atoms with van der Waals surface area (Å²) < 4.78 is 0. The van der Waals surface area contributed by atoms with Gasteiger partial charge in [-0.1, -0.05) is 51.1 Å². The molecule has 0 atom stereocenters. The molecule has 110 valence electrons. The minimum absolute atomic E-state index is 0.137. The van der Waals surface area contributed by atoms with Crippen molar-refractivity contribution in [2.45, 2.75) is 33.1 Å². The molecule has 4 heteroatoms. The Bertz CT molecular complexity index is 634. The highest BCUT2D eigenvalue weighted by molar-refractivity contribution is 8.18. The lowest BCUT2D eigenvalue weighted by Gasteiger charge is -2.18. The lowest BCUT2D eigenvalue weighted by Crippen LogP contribution is -2.17. The fraction of sp³-hybridized carbons (Fsp3) is 0.294. The number of benzene rings is 1. The van der Waals surface area contributed by atoms with E-state index < -0.39 is 0 Å². The van der Waals surface area contributed by atoms with Gasteiger partial charge in [0.25, 0.3) is 11.1 Å². The second-order valence-corrected chi connectivity index (χ2v) is 7.13. The quantitative estimate of drug-likeness (QED) is 0.830. The van der Waals surface area contributed by atoms with Gasteiger partial charge in [0.15, 0.2) is 0 Å². The molecule has 2 rings (SSSR count). The predicted molar refractivity (Wildman–Crippen MR) is 88.0 cm³/mol. The predicted octanol–water partition coefficient (Wildman–Crippen LogP) is 4.25. The van der Waals surface area contributed by atoms with Crippen molar-refractivity contribution in [2.24, 2.45) is 0 Å². The third kappa shape index (κ3) is 4.08. The molecule has 2 amide bonds. The second-order valence-electron chi connectivity index (χ2n) is 6.11. The van der Waals surface area contributed by atoms with Crippen molar-refractivity contribution >= 4 is 29.0 Å². The number of thioether (sulfide) groups is 1. The average molecular weight is 301 g/mol. The van der Waals surface area contributed by atoms with Crippen LogP contribution in [-0.2, 0) is 10.2 Å². The zero-order valence-electron chi connectivity index (χ0n) is 12.7. The molecule has 0 radical (unpaired) electrons. The fourth-order valence-electron chi connectivity index (χ4n) is 2.01. The summed E-state index contributed by atoms with van der Waals surface area (Å²) >= 11 is 0.939. The van der Waals surface area contributed by atoms with Gasteiger partial charge in [0, 0.05) is 0 Å². The summed E-state index contributed by atoms with van der Waals surface area (Å²) in [5.41, 5.74) is 3.43. The number of nitrogens with one attached hydrogen (secondary N) is 1. The summed E-state index contributed by atoms with van der Waals surface area (Å²) in [6, 6.07) is 8.37. The molecular formula is C17H19NO2S. The number of imide groups is 1. The Morgan fingerprint density at radius 1 is 1.14 bits per heavy atom. The molecule has 1 N–H and O–H groups in total. The van der Waals surface area contributed by atoms with Crippen LogP contribution in [0.25, 0.3) is 6.08 Å². The van der Waals surface area contributed by atoms with Crippen LogP contribution in [-0.4, -0.2) is 11.1 Å². The van der Waals surface area contributed by atoms with Crippen LogP contribution >= 0.6 is 11.8 Å². The molecule has 1 saturated heterocycles. The number of carbonyl (C=O) groups is 2. The van der Waals surface area contributed by atoms with E-state index in [1.165, 1.54) is 5.56 Å². The molecule has 0 saturated carbocycles. The molecule has 0 aliphatic carbocycles. The van der Waals surface area contributed by atoms with Gasteiger partial charge < -0.3 is 0 Å². The highest BCUT2D eigenvalue weighted by Gasteiger charge is 2.24. The van der Waals surface area contributed by atoms with Crippen LogP contribution in [0.2, 0.25) is 0 Å². The van der Waals surface area contributed by atoms with Crippen LogP contribution in [0.5, 0.6) is 0 Å². The molecule has 0 spiro atoms. The van der Waals surface area contributed by atoms with Gasteiger partial charge in [-0.05, 0) is 46.9 Å². The van der Waals surface area contributed by atoms with Crippen molar-refractivity contribution in [3.05, 3.63) is 51.9 Å². The van der Waals surface area contributed by atoms with Crippen LogP contribution in [0, 0.1) is 0 Å². The van der Waals surface area contributed by atoms with Crippen molar-refractivity contribution in [1.82, 2.24) is 5.32 Å². The molecule has 21 heavy (non-hydrogen) atoms. The van der Waals surface area contributed by atoms with Crippen LogP contribution in [0.4, 0.5) is 4.79 Å². The molecule has 3 nitrogen and oxygen atoms in total. The zero-order chi connectivity index (χ0) is 15.6. The monoisotopic (exact) mass is 301 g/mol. The van der Waals surface area contributed by atoms with Gasteiger partial charge in [0.05, 0.1) is 4.91 Å². The Morgan fingerprint density at radius 2 is 1.76 bits per heavy atom. The Morgan fingerprint density at radius 3 is 2.24 bits per heavy atom. The lowest BCUT2D eigenvalue weighted by atomic mass is 9.86. The molecule has 1 fully saturated rings. The van der Waals surface area contributed by atoms with Crippen molar-refractivity contribution in [3.63, 3.8) is 0 Å². The van der Waals surface area contributed by atoms with Crippen molar-refractivity contribution in [3.8, 4) is 0 Å². The Balaban J connectivity index is 2.18. The first kappa shape index (κ1) is 15.6. The maximum atomic E-state index is 11.5. The minimum atomic E-state index is -0.319. The van der Waals surface area contributed by atoms with E-state index in [1.54, 1.807) is 6.08 Å². The number of hydrogen-bond acceptors (Lipinski definition) is 3. The number of amides is 2. The molecule has 1 heterocycles. The number of hydrogen-bond donors (Lipinski definition) is 1. The first-order valence-electron chi connectivity index (χ1n) is 6.79. The van der Waals surface area contributed by atoms with Crippen molar-refractivity contribution in [1.29, 1.82) is 0 Å². The SMILES string of the molecule is CC(=Cc1ccc(C(C)(C)C)cc1)C=C1SC(=O)NC1=O. The van der Waals surface area contributed by atoms with E-state index in [2.05, 4.69) is 50.4 Å². The lowest BCUT2D eigenvalue weighted by molar-refractivity contribution is -0.115. The van der Waals surface area contributed by atoms with Crippen LogP contribution in [0.3, 0.4) is 0 Å². The maximum absolute atomic E-state index is 11.5. The fourth-order valence-corrected chi connectivity index (χ4v) is 2.74. The summed E-state index contributed by atoms with van der Waals surface area (Å²) in [4.78, 5) is 23.0. The smallest absolute Gasteiger partial charge is 0.282 e. The van der Waals surface area contributed by atoms with Crippen molar-refractivity contribution in [2.75, 3.05) is 0 Å². The van der Waals surface area contributed by atoms with E-state index in [9.17, 15) is 9.59 Å². The number of allylic oxidation sites excluding steroid dienone is 2. The Hall–Kier alpha value is -1.81. The average Bonchev–Trinajstić information content (AvgIpc) is 2.67. The topological polar surface area (TPSA) is 46.2 Å². The molecule has 1 aliphatic heterocycles. The third-order valence-electron chi connectivity index (χ3n) is 3.17. The summed E-state index contributed by atoms with van der Waals surface area (Å²) in [6.07, 6.45) is 3.73. The maximum Gasteiger partial charge on any atom is 0.290 e. The van der Waals surface area contributed by atoms with E-state index in [4.69, 9.17) is 0 Å². The summed E-state index contributed by atoms with van der Waals surface area (Å²) in [6.45, 7) is 8.46. The second kappa shape index (κ2) is 5.90. The van der Waals surface area contributed by atoms with Gasteiger partial charge in [0.1, 0.15) is 0 Å². The van der Waals surface area contributed by atoms with E-state index >= 15 is 0 Å². The van der Waals surface area contributed by atoms with Crippen molar-refractivity contribution < 1.29 is 9.59 Å². The Kier molecular flexibility index (Phi) is 4.37. The van der Waals surface area contributed by atoms with Gasteiger partial charge in [-0.15, -0.1) is 0 Å². The molecular weight excluding hydrogens is 282 g/mol. The highest BCUT2D eigenvalue weighted by Crippen LogP contribution is 2.26. The van der Waals surface area contributed by atoms with Crippen LogP contribution < -0.4 is 5.32 Å².